The first-order chi connectivity index (χ1) is 14.6. The molecule has 1 unspecified atom stereocenters. The summed E-state index contributed by atoms with van der Waals surface area (Å²) in [5.41, 5.74) is 7.15. The highest BCUT2D eigenvalue weighted by molar-refractivity contribution is 7.98. The van der Waals surface area contributed by atoms with Crippen molar-refractivity contribution in [3.05, 3.63) is 47.6 Å². The van der Waals surface area contributed by atoms with Crippen molar-refractivity contribution in [3.8, 4) is 11.5 Å². The van der Waals surface area contributed by atoms with Gasteiger partial charge in [-0.05, 0) is 31.9 Å². The highest BCUT2D eigenvalue weighted by Gasteiger charge is 2.22. The van der Waals surface area contributed by atoms with E-state index in [1.54, 1.807) is 11.8 Å². The third kappa shape index (κ3) is 4.91. The van der Waals surface area contributed by atoms with E-state index < -0.39 is 0 Å². The van der Waals surface area contributed by atoms with E-state index in [2.05, 4.69) is 19.7 Å². The lowest BCUT2D eigenvalue weighted by molar-refractivity contribution is -0.118. The van der Waals surface area contributed by atoms with Gasteiger partial charge >= 0.3 is 0 Å². The maximum atomic E-state index is 11.2. The fourth-order valence-electron chi connectivity index (χ4n) is 3.42. The van der Waals surface area contributed by atoms with Crippen LogP contribution in [0.5, 0.6) is 0 Å². The predicted molar refractivity (Wildman–Crippen MR) is 113 cm³/mol. The molecule has 1 saturated heterocycles. The number of thioether (sulfide) groups is 1. The topological polar surface area (TPSA) is 109 Å². The van der Waals surface area contributed by atoms with Gasteiger partial charge in [-0.2, -0.15) is 0 Å². The van der Waals surface area contributed by atoms with Gasteiger partial charge in [0.1, 0.15) is 11.6 Å². The van der Waals surface area contributed by atoms with Gasteiger partial charge in [0, 0.05) is 30.8 Å². The van der Waals surface area contributed by atoms with Crippen LogP contribution in [0.25, 0.3) is 11.5 Å². The Bertz CT molecular complexity index is 995. The van der Waals surface area contributed by atoms with Gasteiger partial charge in [-0.3, -0.25) is 4.79 Å². The molecule has 1 aromatic carbocycles. The number of primary amides is 1. The molecule has 3 aromatic rings. The molecule has 1 amide bonds. The molecule has 1 fully saturated rings. The van der Waals surface area contributed by atoms with Crippen molar-refractivity contribution in [1.82, 2.24) is 19.7 Å². The molecule has 1 aliphatic heterocycles. The normalized spacial score (nSPS) is 16.2. The van der Waals surface area contributed by atoms with E-state index in [0.29, 0.717) is 24.6 Å². The minimum atomic E-state index is -0.345. The summed E-state index contributed by atoms with van der Waals surface area (Å²) < 4.78 is 13.7. The lowest BCUT2D eigenvalue weighted by Gasteiger charge is -2.14. The van der Waals surface area contributed by atoms with Crippen LogP contribution in [-0.2, 0) is 28.2 Å². The molecule has 2 aromatic heterocycles. The summed E-state index contributed by atoms with van der Waals surface area (Å²) in [5.74, 6) is 2.44. The molecule has 0 aliphatic carbocycles. The van der Waals surface area contributed by atoms with Crippen molar-refractivity contribution in [2.24, 2.45) is 5.73 Å². The Morgan fingerprint density at radius 3 is 2.87 bits per heavy atom. The molecule has 0 saturated carbocycles. The number of rotatable bonds is 9. The third-order valence-electron chi connectivity index (χ3n) is 5.05. The Morgan fingerprint density at radius 1 is 1.30 bits per heavy atom. The molecule has 0 spiro atoms. The Morgan fingerprint density at radius 2 is 2.13 bits per heavy atom. The SMILES string of the molecule is Cc1oc(-c2ccccc2)nc1CSc1nnc(CCC(N)=O)n1CC1CCCO1. The second kappa shape index (κ2) is 9.44. The van der Waals surface area contributed by atoms with Crippen molar-refractivity contribution in [2.75, 3.05) is 6.61 Å². The van der Waals surface area contributed by atoms with Gasteiger partial charge in [0.25, 0.3) is 0 Å². The molecule has 1 atom stereocenters. The fourth-order valence-corrected chi connectivity index (χ4v) is 4.39. The Kier molecular flexibility index (Phi) is 6.49. The molecular weight excluding hydrogens is 402 g/mol. The molecule has 0 bridgehead atoms. The van der Waals surface area contributed by atoms with Crippen LogP contribution in [0.4, 0.5) is 0 Å². The Hall–Kier alpha value is -2.65. The molecule has 30 heavy (non-hydrogen) atoms. The number of hydrogen-bond donors (Lipinski definition) is 1. The van der Waals surface area contributed by atoms with E-state index in [-0.39, 0.29) is 18.4 Å². The van der Waals surface area contributed by atoms with Gasteiger partial charge in [-0.25, -0.2) is 4.98 Å². The molecule has 4 rings (SSSR count). The highest BCUT2D eigenvalue weighted by atomic mass is 32.2. The summed E-state index contributed by atoms with van der Waals surface area (Å²) in [6.45, 7) is 3.38. The average molecular weight is 428 g/mol. The van der Waals surface area contributed by atoms with Gasteiger partial charge in [0.2, 0.25) is 11.8 Å². The van der Waals surface area contributed by atoms with Crippen molar-refractivity contribution in [3.63, 3.8) is 0 Å². The van der Waals surface area contributed by atoms with E-state index in [1.165, 1.54) is 0 Å². The van der Waals surface area contributed by atoms with Crippen molar-refractivity contribution >= 4 is 17.7 Å². The van der Waals surface area contributed by atoms with Crippen molar-refractivity contribution in [1.29, 1.82) is 0 Å². The minimum absolute atomic E-state index is 0.145. The van der Waals surface area contributed by atoms with Crippen LogP contribution in [-0.4, -0.2) is 38.4 Å². The molecule has 1 aliphatic rings. The zero-order chi connectivity index (χ0) is 20.9. The van der Waals surface area contributed by atoms with Gasteiger partial charge in [0.05, 0.1) is 18.3 Å². The standard InChI is InChI=1S/C21H25N5O3S/c1-14-17(23-20(29-14)15-6-3-2-4-7-15)13-30-21-25-24-19(10-9-18(22)27)26(21)12-16-8-5-11-28-16/h2-4,6-7,16H,5,8-13H2,1H3,(H2,22,27). The van der Waals surface area contributed by atoms with Gasteiger partial charge in [-0.15, -0.1) is 10.2 Å². The first-order valence-electron chi connectivity index (χ1n) is 10.1. The first-order valence-corrected chi connectivity index (χ1v) is 11.0. The molecular formula is C21H25N5O3S. The molecule has 158 valence electrons. The van der Waals surface area contributed by atoms with Crippen LogP contribution in [0.15, 0.2) is 39.9 Å². The summed E-state index contributed by atoms with van der Waals surface area (Å²) in [4.78, 5) is 15.9. The van der Waals surface area contributed by atoms with Gasteiger partial charge in [0.15, 0.2) is 5.16 Å². The van der Waals surface area contributed by atoms with Gasteiger partial charge < -0.3 is 19.5 Å². The van der Waals surface area contributed by atoms with Gasteiger partial charge in [-0.1, -0.05) is 30.0 Å². The molecule has 3 heterocycles. The number of oxazole rings is 1. The van der Waals surface area contributed by atoms with Crippen LogP contribution >= 0.6 is 11.8 Å². The molecule has 0 radical (unpaired) electrons. The van der Waals surface area contributed by atoms with E-state index in [0.717, 1.165) is 47.4 Å². The number of carbonyl (C=O) groups excluding carboxylic acids is 1. The fraction of sp³-hybridized carbons (Fsp3) is 0.429. The number of nitrogens with two attached hydrogens (primary N) is 1. The third-order valence-corrected chi connectivity index (χ3v) is 6.03. The second-order valence-corrected chi connectivity index (χ2v) is 8.23. The minimum Gasteiger partial charge on any atom is -0.441 e. The number of aryl methyl sites for hydroxylation is 2. The van der Waals surface area contributed by atoms with Crippen LogP contribution in [0.2, 0.25) is 0 Å². The van der Waals surface area contributed by atoms with Crippen LogP contribution in [0.3, 0.4) is 0 Å². The molecule has 2 N–H and O–H groups in total. The Labute approximate surface area is 179 Å². The largest absolute Gasteiger partial charge is 0.441 e. The van der Waals surface area contributed by atoms with E-state index in [9.17, 15) is 4.79 Å². The number of aromatic nitrogens is 4. The monoisotopic (exact) mass is 427 g/mol. The molecule has 8 nitrogen and oxygen atoms in total. The van der Waals surface area contributed by atoms with Crippen LogP contribution in [0, 0.1) is 6.92 Å². The lowest BCUT2D eigenvalue weighted by Crippen LogP contribution is -2.19. The van der Waals surface area contributed by atoms with E-state index >= 15 is 0 Å². The summed E-state index contributed by atoms with van der Waals surface area (Å²) in [6, 6.07) is 9.85. The average Bonchev–Trinajstić information content (AvgIpc) is 3.47. The summed E-state index contributed by atoms with van der Waals surface area (Å²) in [6.07, 6.45) is 2.94. The number of nitrogens with zero attached hydrogens (tertiary/aromatic N) is 4. The zero-order valence-corrected chi connectivity index (χ0v) is 17.7. The van der Waals surface area contributed by atoms with E-state index in [1.807, 2.05) is 37.3 Å². The molecule has 9 heteroatoms. The van der Waals surface area contributed by atoms with Crippen LogP contribution < -0.4 is 5.73 Å². The van der Waals surface area contributed by atoms with Crippen molar-refractivity contribution in [2.45, 2.75) is 56.2 Å². The number of carbonyl (C=O) groups is 1. The van der Waals surface area contributed by atoms with Crippen molar-refractivity contribution < 1.29 is 13.9 Å². The number of amides is 1. The first kappa shape index (κ1) is 20.6. The highest BCUT2D eigenvalue weighted by Crippen LogP contribution is 2.28. The summed E-state index contributed by atoms with van der Waals surface area (Å²) in [7, 11) is 0. The van der Waals surface area contributed by atoms with Crippen LogP contribution in [0.1, 0.15) is 36.5 Å². The summed E-state index contributed by atoms with van der Waals surface area (Å²) in [5, 5.41) is 9.44. The number of benzene rings is 1. The zero-order valence-electron chi connectivity index (χ0n) is 16.9. The number of ether oxygens (including phenoxy) is 1. The second-order valence-electron chi connectivity index (χ2n) is 7.29. The number of hydrogen-bond acceptors (Lipinski definition) is 7. The maximum absolute atomic E-state index is 11.2. The lowest BCUT2D eigenvalue weighted by atomic mass is 10.2. The summed E-state index contributed by atoms with van der Waals surface area (Å²) >= 11 is 1.56. The Balaban J connectivity index is 1.49. The predicted octanol–water partition coefficient (Wildman–Crippen LogP) is 3.13. The maximum Gasteiger partial charge on any atom is 0.226 e. The quantitative estimate of drug-likeness (QED) is 0.523. The smallest absolute Gasteiger partial charge is 0.226 e. The van der Waals surface area contributed by atoms with E-state index in [4.69, 9.17) is 14.9 Å².